The van der Waals surface area contributed by atoms with Crippen LogP contribution in [0.1, 0.15) is 93.8 Å². The van der Waals surface area contributed by atoms with Gasteiger partial charge in [-0.2, -0.15) is 0 Å². The van der Waals surface area contributed by atoms with Gasteiger partial charge in [-0.15, -0.1) is 0 Å². The average Bonchev–Trinajstić information content (AvgIpc) is 3.64. The van der Waals surface area contributed by atoms with Crippen LogP contribution in [0.3, 0.4) is 0 Å². The molecule has 0 bridgehead atoms. The smallest absolute Gasteiger partial charge is 0.206 e. The standard InChI is InChI=1S/C33H40N4.2C2H6/c1-8-9-13-31(23(5)21(2)3)34-18-27-16-22(4)17-29-24(6)36(7)33(35-32(27)29)37-19-26-15-14-25-11-10-12-28(25)30(26)20-37;2*1-2/h8-9,13-17,23,34H,2,6,10-12,18-20H2,1,3-5,7H3;2*1-2H3/b9-8-,31-13+;;. The van der Waals surface area contributed by atoms with Crippen LogP contribution < -0.4 is 5.32 Å². The number of benzene rings is 2. The molecule has 1 atom stereocenters. The van der Waals surface area contributed by atoms with E-state index in [9.17, 15) is 0 Å². The van der Waals surface area contributed by atoms with Gasteiger partial charge in [0.1, 0.15) is 0 Å². The van der Waals surface area contributed by atoms with Crippen LogP contribution in [0.4, 0.5) is 5.69 Å². The third-order valence-corrected chi connectivity index (χ3v) is 8.21. The van der Waals surface area contributed by atoms with Gasteiger partial charge < -0.3 is 15.1 Å². The largest absolute Gasteiger partial charge is 0.384 e. The Bertz CT molecular complexity index is 1360. The van der Waals surface area contributed by atoms with E-state index in [0.29, 0.717) is 6.54 Å². The van der Waals surface area contributed by atoms with E-state index in [-0.39, 0.29) is 5.92 Å². The molecule has 0 fully saturated rings. The van der Waals surface area contributed by atoms with Gasteiger partial charge in [-0.3, -0.25) is 0 Å². The van der Waals surface area contributed by atoms with Crippen LogP contribution in [0.2, 0.25) is 0 Å². The molecule has 5 rings (SSSR count). The first-order chi connectivity index (χ1) is 19.8. The summed E-state index contributed by atoms with van der Waals surface area (Å²) in [7, 11) is 2.10. The third-order valence-electron chi connectivity index (χ3n) is 8.21. The Morgan fingerprint density at radius 2 is 1.78 bits per heavy atom. The van der Waals surface area contributed by atoms with E-state index in [4.69, 9.17) is 4.99 Å². The zero-order valence-electron chi connectivity index (χ0n) is 27.1. The van der Waals surface area contributed by atoms with Crippen LogP contribution in [0, 0.1) is 12.8 Å². The maximum Gasteiger partial charge on any atom is 0.206 e. The molecule has 3 aliphatic rings. The summed E-state index contributed by atoms with van der Waals surface area (Å²) in [5, 5.41) is 3.71. The Hall–Kier alpha value is -3.53. The highest BCUT2D eigenvalue weighted by atomic mass is 15.4. The molecular formula is C37H52N4. The quantitative estimate of drug-likeness (QED) is 0.286. The lowest BCUT2D eigenvalue weighted by molar-refractivity contribution is 0.396. The molecule has 0 saturated carbocycles. The van der Waals surface area contributed by atoms with Gasteiger partial charge in [-0.25, -0.2) is 4.99 Å². The molecule has 0 saturated heterocycles. The minimum atomic E-state index is 0.252. The van der Waals surface area contributed by atoms with Gasteiger partial charge in [0.15, 0.2) is 0 Å². The predicted octanol–water partition coefficient (Wildman–Crippen LogP) is 9.22. The van der Waals surface area contributed by atoms with Gasteiger partial charge in [0.05, 0.1) is 5.69 Å². The van der Waals surface area contributed by atoms with Crippen LogP contribution in [0.25, 0.3) is 5.70 Å². The number of hydrogen-bond acceptors (Lipinski definition) is 4. The van der Waals surface area contributed by atoms with E-state index in [1.807, 2.05) is 34.6 Å². The zero-order chi connectivity index (χ0) is 30.3. The van der Waals surface area contributed by atoms with Crippen molar-refractivity contribution in [2.45, 2.75) is 94.3 Å². The van der Waals surface area contributed by atoms with E-state index in [1.165, 1.54) is 47.2 Å². The molecule has 2 heterocycles. The number of aliphatic imine (C=N–C) groups is 1. The van der Waals surface area contributed by atoms with Crippen LogP contribution >= 0.6 is 0 Å². The van der Waals surface area contributed by atoms with Crippen molar-refractivity contribution in [2.75, 3.05) is 7.05 Å². The summed E-state index contributed by atoms with van der Waals surface area (Å²) in [6, 6.07) is 9.17. The fourth-order valence-corrected chi connectivity index (χ4v) is 5.85. The van der Waals surface area contributed by atoms with Crippen LogP contribution in [0.5, 0.6) is 0 Å². The number of nitrogens with zero attached hydrogens (tertiary/aromatic N) is 3. The highest BCUT2D eigenvalue weighted by Gasteiger charge is 2.32. The Kier molecular flexibility index (Phi) is 11.2. The molecule has 1 unspecified atom stereocenters. The maximum atomic E-state index is 5.31. The lowest BCUT2D eigenvalue weighted by Gasteiger charge is -2.35. The molecule has 4 nitrogen and oxygen atoms in total. The number of aryl methyl sites for hydroxylation is 2. The Morgan fingerprint density at radius 1 is 1.07 bits per heavy atom. The molecule has 41 heavy (non-hydrogen) atoms. The molecule has 2 aromatic rings. The molecule has 0 amide bonds. The Morgan fingerprint density at radius 3 is 2.46 bits per heavy atom. The molecule has 220 valence electrons. The number of allylic oxidation sites excluding steroid dienone is 4. The molecule has 1 aliphatic carbocycles. The predicted molar refractivity (Wildman–Crippen MR) is 179 cm³/mol. The SMILES string of the molecule is C=C(C)C(C)/C(=C\C=C/C)NCc1cc(C)cc2c1N=C(N1Cc3ccc4c(c3C1)CCC4)N(C)C2=C.CC.CC. The molecule has 4 heteroatoms. The van der Waals surface area contributed by atoms with Crippen molar-refractivity contribution < 1.29 is 0 Å². The Balaban J connectivity index is 0.00000111. The summed E-state index contributed by atoms with van der Waals surface area (Å²) >= 11 is 0. The second-order valence-electron chi connectivity index (χ2n) is 10.9. The van der Waals surface area contributed by atoms with Crippen LogP contribution in [-0.4, -0.2) is 22.8 Å². The van der Waals surface area contributed by atoms with Crippen molar-refractivity contribution >= 4 is 17.3 Å². The van der Waals surface area contributed by atoms with Crippen molar-refractivity contribution in [3.05, 3.63) is 106 Å². The molecule has 1 N–H and O–H groups in total. The second kappa shape index (κ2) is 14.4. The van der Waals surface area contributed by atoms with Gasteiger partial charge in [-0.1, -0.05) is 83.7 Å². The van der Waals surface area contributed by atoms with Crippen molar-refractivity contribution in [1.29, 1.82) is 0 Å². The normalized spacial score (nSPS) is 16.2. The number of fused-ring (bicyclic) bond motifs is 4. The molecule has 0 aromatic heterocycles. The number of nitrogens with one attached hydrogen (secondary N) is 1. The number of rotatable bonds is 6. The first kappa shape index (κ1) is 32.0. The maximum absolute atomic E-state index is 5.31. The molecule has 2 aromatic carbocycles. The van der Waals surface area contributed by atoms with Gasteiger partial charge in [-0.05, 0) is 85.6 Å². The van der Waals surface area contributed by atoms with Crippen molar-refractivity contribution in [3.8, 4) is 0 Å². The number of hydrogen-bond donors (Lipinski definition) is 1. The van der Waals surface area contributed by atoms with Gasteiger partial charge in [0.2, 0.25) is 5.96 Å². The number of guanidine groups is 1. The average molecular weight is 553 g/mol. The van der Waals surface area contributed by atoms with Crippen LogP contribution in [-0.2, 0) is 32.5 Å². The molecule has 0 spiro atoms. The second-order valence-corrected chi connectivity index (χ2v) is 10.9. The molecular weight excluding hydrogens is 500 g/mol. The van der Waals surface area contributed by atoms with Gasteiger partial charge in [0, 0.05) is 49.6 Å². The minimum absolute atomic E-state index is 0.252. The monoisotopic (exact) mass is 552 g/mol. The van der Waals surface area contributed by atoms with E-state index in [2.05, 4.69) is 98.6 Å². The fraction of sp³-hybridized carbons (Fsp3) is 0.432. The Labute approximate surface area is 250 Å². The van der Waals surface area contributed by atoms with E-state index >= 15 is 0 Å². The highest BCUT2D eigenvalue weighted by Crippen LogP contribution is 2.40. The minimum Gasteiger partial charge on any atom is -0.384 e. The summed E-state index contributed by atoms with van der Waals surface area (Å²) in [5.74, 6) is 1.24. The lowest BCUT2D eigenvalue weighted by Crippen LogP contribution is -2.40. The third kappa shape index (κ3) is 6.69. The topological polar surface area (TPSA) is 30.9 Å². The van der Waals surface area contributed by atoms with Crippen molar-refractivity contribution in [2.24, 2.45) is 10.9 Å². The van der Waals surface area contributed by atoms with E-state index < -0.39 is 0 Å². The van der Waals surface area contributed by atoms with E-state index in [1.54, 1.807) is 11.1 Å². The first-order valence-corrected chi connectivity index (χ1v) is 15.5. The van der Waals surface area contributed by atoms with Crippen molar-refractivity contribution in [1.82, 2.24) is 15.1 Å². The highest BCUT2D eigenvalue weighted by molar-refractivity contribution is 5.97. The lowest BCUT2D eigenvalue weighted by atomic mass is 9.97. The van der Waals surface area contributed by atoms with Crippen LogP contribution in [0.15, 0.2) is 71.9 Å². The summed E-state index contributed by atoms with van der Waals surface area (Å²) < 4.78 is 0. The zero-order valence-corrected chi connectivity index (χ0v) is 27.1. The summed E-state index contributed by atoms with van der Waals surface area (Å²) in [4.78, 5) is 9.91. The first-order valence-electron chi connectivity index (χ1n) is 15.5. The van der Waals surface area contributed by atoms with Crippen molar-refractivity contribution in [3.63, 3.8) is 0 Å². The van der Waals surface area contributed by atoms with E-state index in [0.717, 1.165) is 41.6 Å². The summed E-state index contributed by atoms with van der Waals surface area (Å²) in [6.07, 6.45) is 10.0. The van der Waals surface area contributed by atoms with Gasteiger partial charge in [0.25, 0.3) is 0 Å². The fourth-order valence-electron chi connectivity index (χ4n) is 5.85. The molecule has 2 aliphatic heterocycles. The molecule has 0 radical (unpaired) electrons. The summed E-state index contributed by atoms with van der Waals surface area (Å²) in [6.45, 7) is 27.7. The summed E-state index contributed by atoms with van der Waals surface area (Å²) in [5.41, 5.74) is 14.0. The van der Waals surface area contributed by atoms with Gasteiger partial charge >= 0.3 is 0 Å².